The van der Waals surface area contributed by atoms with Gasteiger partial charge in [0.05, 0.1) is 6.61 Å². The quantitative estimate of drug-likeness (QED) is 0.619. The number of para-hydroxylation sites is 1. The minimum atomic E-state index is -1.19. The predicted molar refractivity (Wildman–Crippen MR) is 100 cm³/mol. The van der Waals surface area contributed by atoms with E-state index >= 15 is 0 Å². The monoisotopic (exact) mass is 368 g/mol. The molecule has 0 saturated heterocycles. The van der Waals surface area contributed by atoms with Gasteiger partial charge in [-0.05, 0) is 31.2 Å². The largest absolute Gasteiger partial charge is 0.493 e. The van der Waals surface area contributed by atoms with Crippen molar-refractivity contribution in [2.24, 2.45) is 0 Å². The summed E-state index contributed by atoms with van der Waals surface area (Å²) in [6, 6.07) is 15.4. The summed E-state index contributed by atoms with van der Waals surface area (Å²) in [6.45, 7) is 1.70. The van der Waals surface area contributed by atoms with Crippen LogP contribution in [0.3, 0.4) is 0 Å². The molecule has 0 fully saturated rings. The predicted octanol–water partition coefficient (Wildman–Crippen LogP) is 2.06. The first-order valence-electron chi connectivity index (χ1n) is 8.31. The third-order valence-electron chi connectivity index (χ3n) is 3.45. The van der Waals surface area contributed by atoms with Crippen molar-refractivity contribution in [3.8, 4) is 5.75 Å². The van der Waals surface area contributed by atoms with Crippen LogP contribution in [0.1, 0.15) is 22.8 Å². The first kappa shape index (κ1) is 19.7. The second kappa shape index (κ2) is 9.76. The first-order valence-corrected chi connectivity index (χ1v) is 8.31. The standard InChI is InChI=1S/C20H20N2O5/c1-2-27-17-11-7-6-10-15(17)12-16(20(26)21-13-18(23)24)22-19(25)14-8-4-3-5-9-14/h3-12H,2,13H2,1H3,(H,21,26)(H,22,25)(H,23,24)/b16-12+. The number of ether oxygens (including phenoxy) is 1. The molecular weight excluding hydrogens is 348 g/mol. The number of carboxylic acids is 1. The number of hydrogen-bond donors (Lipinski definition) is 3. The van der Waals surface area contributed by atoms with E-state index in [1.165, 1.54) is 6.08 Å². The Kier molecular flexibility index (Phi) is 7.13. The van der Waals surface area contributed by atoms with E-state index in [2.05, 4.69) is 10.6 Å². The number of carbonyl (C=O) groups excluding carboxylic acids is 2. The second-order valence-corrected chi connectivity index (χ2v) is 5.43. The Labute approximate surface area is 156 Å². The maximum atomic E-state index is 12.4. The van der Waals surface area contributed by atoms with Crippen molar-refractivity contribution < 1.29 is 24.2 Å². The number of hydrogen-bond acceptors (Lipinski definition) is 4. The number of carbonyl (C=O) groups is 3. The molecule has 2 rings (SSSR count). The minimum Gasteiger partial charge on any atom is -0.493 e. The highest BCUT2D eigenvalue weighted by Gasteiger charge is 2.16. The first-order chi connectivity index (χ1) is 13.0. The minimum absolute atomic E-state index is 0.0859. The molecule has 140 valence electrons. The molecule has 0 spiro atoms. The molecule has 0 bridgehead atoms. The molecular formula is C20H20N2O5. The third kappa shape index (κ3) is 6.00. The molecule has 0 aliphatic rings. The Bertz CT molecular complexity index is 846. The highest BCUT2D eigenvalue weighted by Crippen LogP contribution is 2.20. The van der Waals surface area contributed by atoms with Gasteiger partial charge in [0.2, 0.25) is 0 Å². The van der Waals surface area contributed by atoms with Crippen LogP contribution in [0.5, 0.6) is 5.75 Å². The number of nitrogens with one attached hydrogen (secondary N) is 2. The van der Waals surface area contributed by atoms with Gasteiger partial charge in [0, 0.05) is 11.1 Å². The summed E-state index contributed by atoms with van der Waals surface area (Å²) in [7, 11) is 0. The van der Waals surface area contributed by atoms with E-state index in [1.54, 1.807) is 54.6 Å². The summed E-state index contributed by atoms with van der Waals surface area (Å²) in [5.41, 5.74) is 0.859. The Balaban J connectivity index is 2.33. The van der Waals surface area contributed by atoms with Crippen LogP contribution >= 0.6 is 0 Å². The topological polar surface area (TPSA) is 105 Å². The maximum absolute atomic E-state index is 12.4. The number of benzene rings is 2. The summed E-state index contributed by atoms with van der Waals surface area (Å²) < 4.78 is 5.52. The zero-order chi connectivity index (χ0) is 19.6. The molecule has 0 aromatic heterocycles. The highest BCUT2D eigenvalue weighted by atomic mass is 16.5. The van der Waals surface area contributed by atoms with Crippen LogP contribution in [0.25, 0.3) is 6.08 Å². The molecule has 0 radical (unpaired) electrons. The molecule has 0 heterocycles. The average Bonchev–Trinajstić information content (AvgIpc) is 2.67. The summed E-state index contributed by atoms with van der Waals surface area (Å²) in [6.07, 6.45) is 1.45. The lowest BCUT2D eigenvalue weighted by Crippen LogP contribution is -2.37. The van der Waals surface area contributed by atoms with Gasteiger partial charge in [-0.15, -0.1) is 0 Å². The molecule has 0 atom stereocenters. The normalized spacial score (nSPS) is 10.8. The molecule has 0 aliphatic carbocycles. The summed E-state index contributed by atoms with van der Waals surface area (Å²) >= 11 is 0. The highest BCUT2D eigenvalue weighted by molar-refractivity contribution is 6.06. The van der Waals surface area contributed by atoms with Gasteiger partial charge in [0.1, 0.15) is 18.0 Å². The van der Waals surface area contributed by atoms with Crippen LogP contribution in [-0.2, 0) is 9.59 Å². The smallest absolute Gasteiger partial charge is 0.322 e. The van der Waals surface area contributed by atoms with Gasteiger partial charge in [-0.1, -0.05) is 36.4 Å². The Hall–Kier alpha value is -3.61. The molecule has 3 N–H and O–H groups in total. The van der Waals surface area contributed by atoms with Crippen LogP contribution in [0.4, 0.5) is 0 Å². The van der Waals surface area contributed by atoms with E-state index < -0.39 is 24.3 Å². The van der Waals surface area contributed by atoms with E-state index in [0.29, 0.717) is 23.5 Å². The van der Waals surface area contributed by atoms with Gasteiger partial charge in [0.25, 0.3) is 11.8 Å². The van der Waals surface area contributed by atoms with Crippen LogP contribution in [0.15, 0.2) is 60.3 Å². The van der Waals surface area contributed by atoms with Crippen LogP contribution < -0.4 is 15.4 Å². The molecule has 7 heteroatoms. The molecule has 27 heavy (non-hydrogen) atoms. The fourth-order valence-corrected chi connectivity index (χ4v) is 2.24. The van der Waals surface area contributed by atoms with Gasteiger partial charge in [-0.3, -0.25) is 14.4 Å². The fraction of sp³-hybridized carbons (Fsp3) is 0.150. The van der Waals surface area contributed by atoms with Gasteiger partial charge in [-0.25, -0.2) is 0 Å². The van der Waals surface area contributed by atoms with Crippen LogP contribution in [-0.4, -0.2) is 36.0 Å². The lowest BCUT2D eigenvalue weighted by molar-refractivity contribution is -0.137. The lowest BCUT2D eigenvalue weighted by atomic mass is 10.1. The fourth-order valence-electron chi connectivity index (χ4n) is 2.24. The Morgan fingerprint density at radius 2 is 1.70 bits per heavy atom. The zero-order valence-electron chi connectivity index (χ0n) is 14.8. The van der Waals surface area contributed by atoms with Crippen molar-refractivity contribution in [3.63, 3.8) is 0 Å². The molecule has 7 nitrogen and oxygen atoms in total. The van der Waals surface area contributed by atoms with Gasteiger partial charge in [-0.2, -0.15) is 0 Å². The Morgan fingerprint density at radius 3 is 2.37 bits per heavy atom. The third-order valence-corrected chi connectivity index (χ3v) is 3.45. The number of amides is 2. The van der Waals surface area contributed by atoms with Crippen LogP contribution in [0, 0.1) is 0 Å². The molecule has 2 amide bonds. The molecule has 0 unspecified atom stereocenters. The van der Waals surface area contributed by atoms with E-state index in [9.17, 15) is 14.4 Å². The van der Waals surface area contributed by atoms with E-state index in [1.807, 2.05) is 6.92 Å². The van der Waals surface area contributed by atoms with Gasteiger partial charge in [0.15, 0.2) is 0 Å². The van der Waals surface area contributed by atoms with Gasteiger partial charge >= 0.3 is 5.97 Å². The van der Waals surface area contributed by atoms with E-state index in [0.717, 1.165) is 0 Å². The zero-order valence-corrected chi connectivity index (χ0v) is 14.8. The molecule has 0 aliphatic heterocycles. The van der Waals surface area contributed by atoms with Crippen molar-refractivity contribution in [1.29, 1.82) is 0 Å². The van der Waals surface area contributed by atoms with E-state index in [4.69, 9.17) is 9.84 Å². The number of aliphatic carboxylic acids is 1. The SMILES string of the molecule is CCOc1ccccc1/C=C(/NC(=O)c1ccccc1)C(=O)NCC(=O)O. The maximum Gasteiger partial charge on any atom is 0.322 e. The van der Waals surface area contributed by atoms with Crippen molar-refractivity contribution in [3.05, 3.63) is 71.4 Å². The van der Waals surface area contributed by atoms with Crippen molar-refractivity contribution in [2.45, 2.75) is 6.92 Å². The van der Waals surface area contributed by atoms with Crippen LogP contribution in [0.2, 0.25) is 0 Å². The van der Waals surface area contributed by atoms with Crippen molar-refractivity contribution in [2.75, 3.05) is 13.2 Å². The van der Waals surface area contributed by atoms with E-state index in [-0.39, 0.29) is 5.70 Å². The molecule has 2 aromatic rings. The Morgan fingerprint density at radius 1 is 1.04 bits per heavy atom. The second-order valence-electron chi connectivity index (χ2n) is 5.43. The van der Waals surface area contributed by atoms with Crippen molar-refractivity contribution in [1.82, 2.24) is 10.6 Å². The van der Waals surface area contributed by atoms with Gasteiger partial charge < -0.3 is 20.5 Å². The number of rotatable bonds is 8. The lowest BCUT2D eigenvalue weighted by Gasteiger charge is -2.12. The molecule has 2 aromatic carbocycles. The summed E-state index contributed by atoms with van der Waals surface area (Å²) in [5.74, 6) is -1.85. The summed E-state index contributed by atoms with van der Waals surface area (Å²) in [5, 5.41) is 13.6. The van der Waals surface area contributed by atoms with Crippen molar-refractivity contribution >= 4 is 23.9 Å². The molecule has 0 saturated carbocycles. The average molecular weight is 368 g/mol. The summed E-state index contributed by atoms with van der Waals surface area (Å²) in [4.78, 5) is 35.5. The number of carboxylic acid groups (broad SMARTS) is 1.